The molecule has 32 heavy (non-hydrogen) atoms. The first-order valence-electron chi connectivity index (χ1n) is 10.9. The van der Waals surface area contributed by atoms with E-state index in [1.54, 1.807) is 4.90 Å². The summed E-state index contributed by atoms with van der Waals surface area (Å²) in [4.78, 5) is 19.2. The lowest BCUT2D eigenvalue weighted by Gasteiger charge is -2.31. The Bertz CT molecular complexity index is 961. The number of rotatable bonds is 4. The van der Waals surface area contributed by atoms with Crippen LogP contribution in [-0.4, -0.2) is 47.6 Å². The van der Waals surface area contributed by atoms with Crippen LogP contribution in [-0.2, 0) is 19.1 Å². The van der Waals surface area contributed by atoms with Gasteiger partial charge in [-0.25, -0.2) is 9.78 Å². The number of nitrogens with zero attached hydrogens (tertiary/aromatic N) is 2. The van der Waals surface area contributed by atoms with Crippen LogP contribution in [0, 0.1) is 0 Å². The summed E-state index contributed by atoms with van der Waals surface area (Å²) in [7, 11) is 0. The lowest BCUT2D eigenvalue weighted by molar-refractivity contribution is -0.137. The van der Waals surface area contributed by atoms with Crippen molar-refractivity contribution in [3.63, 3.8) is 0 Å². The van der Waals surface area contributed by atoms with Gasteiger partial charge in [0.2, 0.25) is 0 Å². The van der Waals surface area contributed by atoms with Crippen LogP contribution in [0.1, 0.15) is 42.0 Å². The van der Waals surface area contributed by atoms with Crippen LogP contribution in [0.3, 0.4) is 0 Å². The molecule has 1 fully saturated rings. The number of pyridine rings is 1. The SMILES string of the molecule is CC(C)Nc1cc2c(cn1)CCN(C(=O)NC1CNCC1c1ccc(C(F)(F)F)cc1)C2. The second kappa shape index (κ2) is 8.97. The zero-order valence-electron chi connectivity index (χ0n) is 18.2. The molecular weight excluding hydrogens is 419 g/mol. The van der Waals surface area contributed by atoms with E-state index in [0.717, 1.165) is 41.1 Å². The van der Waals surface area contributed by atoms with Gasteiger partial charge in [-0.2, -0.15) is 13.2 Å². The Morgan fingerprint density at radius 3 is 2.62 bits per heavy atom. The summed E-state index contributed by atoms with van der Waals surface area (Å²) < 4.78 is 38.6. The van der Waals surface area contributed by atoms with Crippen molar-refractivity contribution in [2.24, 2.45) is 0 Å². The third-order valence-electron chi connectivity index (χ3n) is 6.01. The van der Waals surface area contributed by atoms with E-state index in [0.29, 0.717) is 26.2 Å². The number of carbonyl (C=O) groups is 1. The third-order valence-corrected chi connectivity index (χ3v) is 6.01. The molecule has 3 N–H and O–H groups in total. The molecule has 2 amide bonds. The summed E-state index contributed by atoms with van der Waals surface area (Å²) in [6, 6.07) is 7.14. The van der Waals surface area contributed by atoms with Crippen molar-refractivity contribution in [2.45, 2.75) is 51.0 Å². The second-order valence-corrected chi connectivity index (χ2v) is 8.75. The van der Waals surface area contributed by atoms with Gasteiger partial charge in [0.15, 0.2) is 0 Å². The molecule has 0 spiro atoms. The maximum atomic E-state index is 13.0. The van der Waals surface area contributed by atoms with Crippen molar-refractivity contribution < 1.29 is 18.0 Å². The Labute approximate surface area is 185 Å². The molecule has 2 aromatic rings. The molecule has 6 nitrogen and oxygen atoms in total. The van der Waals surface area contributed by atoms with Gasteiger partial charge < -0.3 is 20.9 Å². The molecule has 1 saturated heterocycles. The zero-order valence-corrected chi connectivity index (χ0v) is 18.2. The molecule has 0 bridgehead atoms. The maximum Gasteiger partial charge on any atom is 0.416 e. The number of urea groups is 1. The van der Waals surface area contributed by atoms with Crippen LogP contribution >= 0.6 is 0 Å². The van der Waals surface area contributed by atoms with E-state index >= 15 is 0 Å². The van der Waals surface area contributed by atoms with Gasteiger partial charge in [0.05, 0.1) is 11.6 Å². The van der Waals surface area contributed by atoms with E-state index in [1.165, 1.54) is 12.1 Å². The molecule has 2 unspecified atom stereocenters. The van der Waals surface area contributed by atoms with Crippen molar-refractivity contribution in [3.8, 4) is 0 Å². The van der Waals surface area contributed by atoms with Crippen molar-refractivity contribution >= 4 is 11.8 Å². The fourth-order valence-corrected chi connectivity index (χ4v) is 4.34. The number of anilines is 1. The molecule has 172 valence electrons. The Balaban J connectivity index is 1.41. The van der Waals surface area contributed by atoms with Crippen LogP contribution in [0.4, 0.5) is 23.8 Å². The molecule has 2 atom stereocenters. The quantitative estimate of drug-likeness (QED) is 0.668. The Kier molecular flexibility index (Phi) is 6.28. The normalized spacial score (nSPS) is 20.9. The van der Waals surface area contributed by atoms with E-state index in [9.17, 15) is 18.0 Å². The highest BCUT2D eigenvalue weighted by molar-refractivity contribution is 5.75. The number of aromatic nitrogens is 1. The van der Waals surface area contributed by atoms with E-state index in [1.807, 2.05) is 26.1 Å². The van der Waals surface area contributed by atoms with E-state index in [-0.39, 0.29) is 24.0 Å². The highest BCUT2D eigenvalue weighted by Gasteiger charge is 2.34. The minimum atomic E-state index is -4.36. The summed E-state index contributed by atoms with van der Waals surface area (Å²) in [6.45, 7) is 6.38. The van der Waals surface area contributed by atoms with Gasteiger partial charge in [-0.15, -0.1) is 0 Å². The number of halogens is 3. The molecule has 0 radical (unpaired) electrons. The highest BCUT2D eigenvalue weighted by Crippen LogP contribution is 2.31. The van der Waals surface area contributed by atoms with Gasteiger partial charge in [-0.1, -0.05) is 12.1 Å². The van der Waals surface area contributed by atoms with Gasteiger partial charge in [0.1, 0.15) is 5.82 Å². The predicted octanol–water partition coefficient (Wildman–Crippen LogP) is 3.74. The topological polar surface area (TPSA) is 69.3 Å². The molecule has 1 aromatic heterocycles. The van der Waals surface area contributed by atoms with Crippen molar-refractivity contribution in [1.29, 1.82) is 0 Å². The average molecular weight is 448 g/mol. The zero-order chi connectivity index (χ0) is 22.9. The van der Waals surface area contributed by atoms with E-state index in [4.69, 9.17) is 0 Å². The van der Waals surface area contributed by atoms with Crippen LogP contribution in [0.25, 0.3) is 0 Å². The van der Waals surface area contributed by atoms with Gasteiger partial charge in [-0.05, 0) is 55.2 Å². The number of amides is 2. The first kappa shape index (κ1) is 22.4. The summed E-state index contributed by atoms with van der Waals surface area (Å²) in [5, 5.41) is 9.62. The predicted molar refractivity (Wildman–Crippen MR) is 116 cm³/mol. The lowest BCUT2D eigenvalue weighted by Crippen LogP contribution is -2.48. The summed E-state index contributed by atoms with van der Waals surface area (Å²) in [5.41, 5.74) is 2.34. The molecule has 2 aliphatic heterocycles. The lowest BCUT2D eigenvalue weighted by atomic mass is 9.93. The average Bonchev–Trinajstić information content (AvgIpc) is 3.20. The highest BCUT2D eigenvalue weighted by atomic mass is 19.4. The molecule has 2 aliphatic rings. The number of benzene rings is 1. The summed E-state index contributed by atoms with van der Waals surface area (Å²) in [6.07, 6.45) is -1.75. The fraction of sp³-hybridized carbons (Fsp3) is 0.478. The molecule has 0 aliphatic carbocycles. The van der Waals surface area contributed by atoms with Gasteiger partial charge in [0, 0.05) is 44.3 Å². The van der Waals surface area contributed by atoms with Crippen LogP contribution in [0.15, 0.2) is 36.5 Å². The molecule has 4 rings (SSSR count). The number of hydrogen-bond donors (Lipinski definition) is 3. The minimum absolute atomic E-state index is 0.0793. The Morgan fingerprint density at radius 1 is 1.19 bits per heavy atom. The largest absolute Gasteiger partial charge is 0.416 e. The molecular formula is C23H28F3N5O. The molecule has 9 heteroatoms. The Morgan fingerprint density at radius 2 is 1.94 bits per heavy atom. The third kappa shape index (κ3) is 4.98. The number of fused-ring (bicyclic) bond motifs is 1. The van der Waals surface area contributed by atoms with Gasteiger partial charge in [0.25, 0.3) is 0 Å². The number of alkyl halides is 3. The first-order valence-corrected chi connectivity index (χ1v) is 10.9. The fourth-order valence-electron chi connectivity index (χ4n) is 4.34. The number of hydrogen-bond acceptors (Lipinski definition) is 4. The van der Waals surface area contributed by atoms with Crippen molar-refractivity contribution in [3.05, 3.63) is 58.8 Å². The first-order chi connectivity index (χ1) is 15.2. The Hall–Kier alpha value is -2.81. The molecule has 1 aromatic carbocycles. The van der Waals surface area contributed by atoms with Gasteiger partial charge in [-0.3, -0.25) is 0 Å². The standard InChI is InChI=1S/C23H28F3N5O/c1-14(2)29-21-9-17-13-31(8-7-16(17)10-28-21)22(32)30-20-12-27-11-19(20)15-3-5-18(6-4-15)23(24,25)26/h3-6,9-10,14,19-20,27H,7-8,11-13H2,1-2H3,(H,28,29)(H,30,32). The molecule has 3 heterocycles. The smallest absolute Gasteiger partial charge is 0.368 e. The maximum absolute atomic E-state index is 13.0. The van der Waals surface area contributed by atoms with Crippen molar-refractivity contribution in [2.75, 3.05) is 25.0 Å². The van der Waals surface area contributed by atoms with E-state index < -0.39 is 11.7 Å². The molecule has 0 saturated carbocycles. The van der Waals surface area contributed by atoms with E-state index in [2.05, 4.69) is 20.9 Å². The monoisotopic (exact) mass is 447 g/mol. The second-order valence-electron chi connectivity index (χ2n) is 8.75. The van der Waals surface area contributed by atoms with Crippen LogP contribution in [0.5, 0.6) is 0 Å². The van der Waals surface area contributed by atoms with Crippen LogP contribution in [0.2, 0.25) is 0 Å². The van der Waals surface area contributed by atoms with Crippen LogP contribution < -0.4 is 16.0 Å². The number of carbonyl (C=O) groups excluding carboxylic acids is 1. The van der Waals surface area contributed by atoms with Crippen molar-refractivity contribution in [1.82, 2.24) is 20.5 Å². The van der Waals surface area contributed by atoms with Gasteiger partial charge >= 0.3 is 12.2 Å². The number of nitrogens with one attached hydrogen (secondary N) is 3. The summed E-state index contributed by atoms with van der Waals surface area (Å²) >= 11 is 0. The summed E-state index contributed by atoms with van der Waals surface area (Å²) in [5.74, 6) is 0.715. The minimum Gasteiger partial charge on any atom is -0.368 e.